The molecule has 2 aromatic carbocycles. The molecule has 0 heterocycles. The van der Waals surface area contributed by atoms with Gasteiger partial charge < -0.3 is 0 Å². The van der Waals surface area contributed by atoms with Crippen LogP contribution >= 0.6 is 0 Å². The Morgan fingerprint density at radius 3 is 2.92 bits per heavy atom. The molecule has 12 heavy (non-hydrogen) atoms. The summed E-state index contributed by atoms with van der Waals surface area (Å²) in [6.45, 7) is 0. The van der Waals surface area contributed by atoms with Gasteiger partial charge in [0.05, 0.1) is 0 Å². The topological polar surface area (TPSA) is 0 Å². The van der Waals surface area contributed by atoms with Crippen LogP contribution < -0.4 is 0 Å². The van der Waals surface area contributed by atoms with E-state index in [0.29, 0.717) is 0 Å². The fraction of sp³-hybridized carbons (Fsp3) is 0.167. The molecule has 0 saturated heterocycles. The number of rotatable bonds is 0. The molecular weight excluding hydrogens is 144 g/mol. The van der Waals surface area contributed by atoms with E-state index in [-0.39, 0.29) is 0 Å². The fourth-order valence-corrected chi connectivity index (χ4v) is 2.11. The minimum atomic E-state index is 1.20. The first-order chi connectivity index (χ1) is 5.95. The Morgan fingerprint density at radius 1 is 1.00 bits per heavy atom. The zero-order valence-corrected chi connectivity index (χ0v) is 6.80. The van der Waals surface area contributed by atoms with Crippen molar-refractivity contribution in [3.05, 3.63) is 47.5 Å². The lowest BCUT2D eigenvalue weighted by molar-refractivity contribution is 1.02. The third kappa shape index (κ3) is 0.672. The van der Waals surface area contributed by atoms with E-state index in [1.807, 2.05) is 0 Å². The summed E-state index contributed by atoms with van der Waals surface area (Å²) in [5.74, 6) is 0. The van der Waals surface area contributed by atoms with Crippen LogP contribution in [-0.4, -0.2) is 0 Å². The van der Waals surface area contributed by atoms with E-state index < -0.39 is 0 Å². The van der Waals surface area contributed by atoms with Gasteiger partial charge in [-0.15, -0.1) is 0 Å². The molecule has 0 aliphatic heterocycles. The molecule has 0 fully saturated rings. The van der Waals surface area contributed by atoms with Crippen molar-refractivity contribution in [2.45, 2.75) is 12.8 Å². The third-order valence-corrected chi connectivity index (χ3v) is 2.66. The van der Waals surface area contributed by atoms with Gasteiger partial charge in [0.15, 0.2) is 0 Å². The first-order valence-corrected chi connectivity index (χ1v) is 4.36. The van der Waals surface area contributed by atoms with Crippen molar-refractivity contribution < 1.29 is 0 Å². The van der Waals surface area contributed by atoms with Gasteiger partial charge in [0.2, 0.25) is 0 Å². The lowest BCUT2D eigenvalue weighted by Gasteiger charge is -1.99. The van der Waals surface area contributed by atoms with Crippen molar-refractivity contribution >= 4 is 10.8 Å². The highest BCUT2D eigenvalue weighted by Crippen LogP contribution is 2.29. The average molecular weight is 153 g/mol. The Hall–Kier alpha value is -1.30. The monoisotopic (exact) mass is 153 g/mol. The first kappa shape index (κ1) is 6.24. The number of hydrogen-bond acceptors (Lipinski definition) is 0. The second-order valence-electron chi connectivity index (χ2n) is 3.36. The lowest BCUT2D eigenvalue weighted by Crippen LogP contribution is -1.76. The third-order valence-electron chi connectivity index (χ3n) is 2.66. The van der Waals surface area contributed by atoms with E-state index in [9.17, 15) is 0 Å². The van der Waals surface area contributed by atoms with Crippen LogP contribution in [0.5, 0.6) is 0 Å². The van der Waals surface area contributed by atoms with Gasteiger partial charge in [0.25, 0.3) is 0 Å². The van der Waals surface area contributed by atoms with Gasteiger partial charge in [-0.25, -0.2) is 0 Å². The van der Waals surface area contributed by atoms with Gasteiger partial charge >= 0.3 is 0 Å². The SMILES string of the molecule is [c]1cc2c3c(cccc3c1)CC2. The van der Waals surface area contributed by atoms with E-state index >= 15 is 0 Å². The molecule has 0 aromatic heterocycles. The maximum atomic E-state index is 3.19. The molecule has 57 valence electrons. The van der Waals surface area contributed by atoms with Gasteiger partial charge in [-0.3, -0.25) is 0 Å². The predicted octanol–water partition coefficient (Wildman–Crippen LogP) is 2.74. The fourth-order valence-electron chi connectivity index (χ4n) is 2.11. The van der Waals surface area contributed by atoms with Crippen molar-refractivity contribution in [2.24, 2.45) is 0 Å². The smallest absolute Gasteiger partial charge is 0.0119 e. The van der Waals surface area contributed by atoms with Crippen molar-refractivity contribution in [1.29, 1.82) is 0 Å². The molecule has 0 spiro atoms. The number of aryl methyl sites for hydroxylation is 2. The summed E-state index contributed by atoms with van der Waals surface area (Å²) in [5, 5.41) is 2.83. The van der Waals surface area contributed by atoms with E-state index in [4.69, 9.17) is 0 Å². The normalized spacial score (nSPS) is 14.0. The second kappa shape index (κ2) is 2.10. The van der Waals surface area contributed by atoms with E-state index in [0.717, 1.165) is 0 Å². The minimum Gasteiger partial charge on any atom is -0.0614 e. The Bertz CT molecular complexity index is 402. The van der Waals surface area contributed by atoms with Crippen molar-refractivity contribution in [3.8, 4) is 0 Å². The maximum absolute atomic E-state index is 3.19. The molecule has 0 nitrogen and oxygen atoms in total. The Labute approximate surface area is 71.8 Å². The molecule has 0 bridgehead atoms. The maximum Gasteiger partial charge on any atom is -0.0119 e. The summed E-state index contributed by atoms with van der Waals surface area (Å²) < 4.78 is 0. The van der Waals surface area contributed by atoms with Crippen LogP contribution in [0.1, 0.15) is 11.1 Å². The minimum absolute atomic E-state index is 1.20. The van der Waals surface area contributed by atoms with Gasteiger partial charge in [-0.1, -0.05) is 24.3 Å². The molecule has 1 radical (unpaired) electrons. The molecule has 0 atom stereocenters. The Balaban J connectivity index is 2.58. The van der Waals surface area contributed by atoms with Gasteiger partial charge in [0, 0.05) is 0 Å². The van der Waals surface area contributed by atoms with Crippen LogP contribution in [-0.2, 0) is 12.8 Å². The highest BCUT2D eigenvalue weighted by Gasteiger charge is 2.12. The predicted molar refractivity (Wildman–Crippen MR) is 50.2 cm³/mol. The van der Waals surface area contributed by atoms with Gasteiger partial charge in [0.1, 0.15) is 0 Å². The van der Waals surface area contributed by atoms with E-state index in [1.165, 1.54) is 34.7 Å². The van der Waals surface area contributed by atoms with Crippen molar-refractivity contribution in [1.82, 2.24) is 0 Å². The first-order valence-electron chi connectivity index (χ1n) is 4.36. The average Bonchev–Trinajstić information content (AvgIpc) is 2.52. The number of benzene rings is 2. The number of hydrogen-bond donors (Lipinski definition) is 0. The zero-order valence-electron chi connectivity index (χ0n) is 6.80. The second-order valence-corrected chi connectivity index (χ2v) is 3.36. The van der Waals surface area contributed by atoms with Crippen LogP contribution in [0.25, 0.3) is 10.8 Å². The summed E-state index contributed by atoms with van der Waals surface area (Å²) in [7, 11) is 0. The molecule has 0 heteroatoms. The standard InChI is InChI=1S/C12H9/c1-3-9-4-2-6-11-8-7-10(5-1)12(9)11/h1,3-6H,7-8H2. The quantitative estimate of drug-likeness (QED) is 0.546. The molecule has 0 saturated carbocycles. The van der Waals surface area contributed by atoms with Crippen molar-refractivity contribution in [2.75, 3.05) is 0 Å². The molecule has 1 aliphatic carbocycles. The van der Waals surface area contributed by atoms with Gasteiger partial charge in [-0.2, -0.15) is 0 Å². The molecule has 0 amide bonds. The summed E-state index contributed by atoms with van der Waals surface area (Å²) in [5.41, 5.74) is 2.99. The molecule has 0 unspecified atom stereocenters. The van der Waals surface area contributed by atoms with Crippen LogP contribution in [0.4, 0.5) is 0 Å². The summed E-state index contributed by atoms with van der Waals surface area (Å²) in [6, 6.07) is 13.9. The highest BCUT2D eigenvalue weighted by molar-refractivity contribution is 5.90. The summed E-state index contributed by atoms with van der Waals surface area (Å²) in [4.78, 5) is 0. The molecule has 1 aliphatic rings. The molecule has 2 aromatic rings. The van der Waals surface area contributed by atoms with Crippen LogP contribution in [0.3, 0.4) is 0 Å². The zero-order chi connectivity index (χ0) is 7.97. The van der Waals surface area contributed by atoms with Crippen LogP contribution in [0, 0.1) is 6.07 Å². The van der Waals surface area contributed by atoms with Crippen molar-refractivity contribution in [3.63, 3.8) is 0 Å². The Kier molecular flexibility index (Phi) is 1.09. The summed E-state index contributed by atoms with van der Waals surface area (Å²) in [6.07, 6.45) is 2.41. The largest absolute Gasteiger partial charge is 0.0614 e. The van der Waals surface area contributed by atoms with Crippen LogP contribution in [0.2, 0.25) is 0 Å². The van der Waals surface area contributed by atoms with E-state index in [2.05, 4.69) is 36.4 Å². The highest BCUT2D eigenvalue weighted by atomic mass is 14.2. The van der Waals surface area contributed by atoms with Gasteiger partial charge in [-0.05, 0) is 46.9 Å². The van der Waals surface area contributed by atoms with E-state index in [1.54, 1.807) is 0 Å². The molecular formula is C12H9. The summed E-state index contributed by atoms with van der Waals surface area (Å²) >= 11 is 0. The van der Waals surface area contributed by atoms with Crippen LogP contribution in [0.15, 0.2) is 30.3 Å². The molecule has 3 rings (SSSR count). The Morgan fingerprint density at radius 2 is 1.92 bits per heavy atom. The lowest BCUT2D eigenvalue weighted by atomic mass is 10.1. The molecule has 0 N–H and O–H groups in total.